The van der Waals surface area contributed by atoms with Gasteiger partial charge in [-0.1, -0.05) is 51.1 Å². The third kappa shape index (κ3) is 3.39. The highest BCUT2D eigenvalue weighted by Crippen LogP contribution is 2.25. The third-order valence-electron chi connectivity index (χ3n) is 2.96. The van der Waals surface area contributed by atoms with Crippen LogP contribution in [0.15, 0.2) is 59.5 Å². The fraction of sp³-hybridized carbons (Fsp3) is 0.250. The lowest BCUT2D eigenvalue weighted by atomic mass is 9.87. The van der Waals surface area contributed by atoms with Crippen molar-refractivity contribution in [2.45, 2.75) is 31.1 Å². The number of benzene rings is 2. The Hall–Kier alpha value is -1.81. The molecule has 0 aliphatic heterocycles. The van der Waals surface area contributed by atoms with Crippen LogP contribution in [-0.4, -0.2) is 8.42 Å². The molecular weight excluding hydrogens is 272 g/mol. The van der Waals surface area contributed by atoms with Gasteiger partial charge in [0, 0.05) is 0 Å². The molecule has 0 heterocycles. The number of hydrogen-bond acceptors (Lipinski definition) is 3. The Kier molecular flexibility index (Phi) is 3.86. The maximum Gasteiger partial charge on any atom is 0.339 e. The molecule has 0 spiro atoms. The Balaban J connectivity index is 2.23. The van der Waals surface area contributed by atoms with Gasteiger partial charge in [0.15, 0.2) is 0 Å². The molecule has 3 nitrogen and oxygen atoms in total. The molecule has 0 amide bonds. The second-order valence-corrected chi connectivity index (χ2v) is 7.17. The molecule has 20 heavy (non-hydrogen) atoms. The van der Waals surface area contributed by atoms with Crippen LogP contribution in [0.4, 0.5) is 0 Å². The molecule has 0 N–H and O–H groups in total. The summed E-state index contributed by atoms with van der Waals surface area (Å²) >= 11 is 0. The van der Waals surface area contributed by atoms with E-state index in [4.69, 9.17) is 4.18 Å². The second-order valence-electron chi connectivity index (χ2n) is 5.62. The van der Waals surface area contributed by atoms with Gasteiger partial charge in [0.25, 0.3) is 0 Å². The molecule has 106 valence electrons. The zero-order valence-electron chi connectivity index (χ0n) is 11.8. The minimum Gasteiger partial charge on any atom is -0.379 e. The molecule has 0 bridgehead atoms. The van der Waals surface area contributed by atoms with E-state index in [0.29, 0.717) is 5.75 Å². The summed E-state index contributed by atoms with van der Waals surface area (Å²) < 4.78 is 29.3. The molecule has 2 aromatic rings. The van der Waals surface area contributed by atoms with Crippen molar-refractivity contribution in [3.05, 3.63) is 60.2 Å². The molecule has 0 saturated heterocycles. The minimum atomic E-state index is -3.76. The van der Waals surface area contributed by atoms with Gasteiger partial charge < -0.3 is 4.18 Å². The van der Waals surface area contributed by atoms with E-state index in [1.54, 1.807) is 30.3 Å². The van der Waals surface area contributed by atoms with Crippen LogP contribution in [-0.2, 0) is 15.5 Å². The molecule has 0 aliphatic rings. The Morgan fingerprint density at radius 3 is 1.90 bits per heavy atom. The number of hydrogen-bond donors (Lipinski definition) is 0. The van der Waals surface area contributed by atoms with Crippen LogP contribution in [0.3, 0.4) is 0 Å². The molecule has 2 rings (SSSR count). The van der Waals surface area contributed by atoms with Crippen LogP contribution < -0.4 is 4.18 Å². The second kappa shape index (κ2) is 5.29. The highest BCUT2D eigenvalue weighted by atomic mass is 32.2. The lowest BCUT2D eigenvalue weighted by Gasteiger charge is -2.19. The van der Waals surface area contributed by atoms with E-state index in [2.05, 4.69) is 20.8 Å². The van der Waals surface area contributed by atoms with E-state index in [1.807, 2.05) is 12.1 Å². The van der Waals surface area contributed by atoms with Crippen molar-refractivity contribution < 1.29 is 12.6 Å². The molecule has 2 aromatic carbocycles. The molecule has 0 radical (unpaired) electrons. The van der Waals surface area contributed by atoms with Crippen molar-refractivity contribution in [2.75, 3.05) is 0 Å². The third-order valence-corrected chi connectivity index (χ3v) is 4.22. The molecule has 0 fully saturated rings. The molecule has 0 aromatic heterocycles. The fourth-order valence-corrected chi connectivity index (χ4v) is 2.72. The molecule has 0 unspecified atom stereocenters. The van der Waals surface area contributed by atoms with Crippen molar-refractivity contribution in [1.82, 2.24) is 0 Å². The van der Waals surface area contributed by atoms with Gasteiger partial charge in [-0.2, -0.15) is 8.42 Å². The van der Waals surface area contributed by atoms with Gasteiger partial charge in [0.05, 0.1) is 0 Å². The van der Waals surface area contributed by atoms with Gasteiger partial charge in [-0.15, -0.1) is 0 Å². The highest BCUT2D eigenvalue weighted by molar-refractivity contribution is 7.87. The number of rotatable bonds is 3. The summed E-state index contributed by atoms with van der Waals surface area (Å²) in [5, 5.41) is 0. The largest absolute Gasteiger partial charge is 0.379 e. The van der Waals surface area contributed by atoms with Crippen LogP contribution in [0.5, 0.6) is 5.75 Å². The fourth-order valence-electron chi connectivity index (χ4n) is 1.77. The summed E-state index contributed by atoms with van der Waals surface area (Å²) in [7, 11) is -3.76. The predicted molar refractivity (Wildman–Crippen MR) is 79.4 cm³/mol. The first-order valence-electron chi connectivity index (χ1n) is 6.39. The van der Waals surface area contributed by atoms with Crippen LogP contribution in [0.25, 0.3) is 0 Å². The Labute approximate surface area is 120 Å². The first kappa shape index (κ1) is 14.6. The van der Waals surface area contributed by atoms with Gasteiger partial charge in [-0.25, -0.2) is 0 Å². The van der Waals surface area contributed by atoms with Gasteiger partial charge in [-0.3, -0.25) is 0 Å². The predicted octanol–water partition coefficient (Wildman–Crippen LogP) is 3.75. The van der Waals surface area contributed by atoms with E-state index < -0.39 is 10.1 Å². The molecule has 0 aliphatic carbocycles. The summed E-state index contributed by atoms with van der Waals surface area (Å²) in [6.45, 7) is 6.30. The van der Waals surface area contributed by atoms with Crippen molar-refractivity contribution in [3.63, 3.8) is 0 Å². The van der Waals surface area contributed by atoms with E-state index >= 15 is 0 Å². The summed E-state index contributed by atoms with van der Waals surface area (Å²) in [5.41, 5.74) is 1.15. The lowest BCUT2D eigenvalue weighted by Crippen LogP contribution is -2.12. The Bertz CT molecular complexity index is 666. The quantitative estimate of drug-likeness (QED) is 0.809. The highest BCUT2D eigenvalue weighted by Gasteiger charge is 2.17. The van der Waals surface area contributed by atoms with Crippen molar-refractivity contribution >= 4 is 10.1 Å². The van der Waals surface area contributed by atoms with Gasteiger partial charge in [0.1, 0.15) is 10.6 Å². The Morgan fingerprint density at radius 1 is 0.850 bits per heavy atom. The summed E-state index contributed by atoms with van der Waals surface area (Å²) in [4.78, 5) is 0.153. The van der Waals surface area contributed by atoms with Crippen molar-refractivity contribution in [3.8, 4) is 5.75 Å². The maximum absolute atomic E-state index is 12.1. The van der Waals surface area contributed by atoms with Crippen LogP contribution in [0, 0.1) is 0 Å². The van der Waals surface area contributed by atoms with Gasteiger partial charge >= 0.3 is 10.1 Å². The van der Waals surface area contributed by atoms with Crippen LogP contribution in [0.2, 0.25) is 0 Å². The first-order chi connectivity index (χ1) is 9.29. The lowest BCUT2D eigenvalue weighted by molar-refractivity contribution is 0.485. The Morgan fingerprint density at radius 2 is 1.40 bits per heavy atom. The van der Waals surface area contributed by atoms with E-state index in [9.17, 15) is 8.42 Å². The van der Waals surface area contributed by atoms with Gasteiger partial charge in [0.2, 0.25) is 0 Å². The van der Waals surface area contributed by atoms with Crippen LogP contribution >= 0.6 is 0 Å². The average Bonchev–Trinajstić information content (AvgIpc) is 2.39. The molecule has 0 saturated carbocycles. The monoisotopic (exact) mass is 290 g/mol. The zero-order chi connectivity index (χ0) is 14.8. The topological polar surface area (TPSA) is 43.4 Å². The average molecular weight is 290 g/mol. The van der Waals surface area contributed by atoms with Crippen molar-refractivity contribution in [2.24, 2.45) is 0 Å². The standard InChI is InChI=1S/C16H18O3S/c1-16(2,3)13-9-11-14(12-10-13)19-20(17,18)15-7-5-4-6-8-15/h4-12H,1-3H3. The normalized spacial score (nSPS) is 12.2. The minimum absolute atomic E-state index is 0.0246. The SMILES string of the molecule is CC(C)(C)c1ccc(OS(=O)(=O)c2ccccc2)cc1. The van der Waals surface area contributed by atoms with E-state index in [-0.39, 0.29) is 10.3 Å². The van der Waals surface area contributed by atoms with Gasteiger partial charge in [-0.05, 0) is 35.2 Å². The summed E-state index contributed by atoms with van der Waals surface area (Å²) in [6.07, 6.45) is 0. The molecule has 0 atom stereocenters. The molecular formula is C16H18O3S. The van der Waals surface area contributed by atoms with Crippen molar-refractivity contribution in [1.29, 1.82) is 0 Å². The smallest absolute Gasteiger partial charge is 0.339 e. The zero-order valence-corrected chi connectivity index (χ0v) is 12.6. The maximum atomic E-state index is 12.1. The summed E-state index contributed by atoms with van der Waals surface area (Å²) in [6, 6.07) is 15.3. The molecule has 4 heteroatoms. The summed E-state index contributed by atoms with van der Waals surface area (Å²) in [5.74, 6) is 0.321. The first-order valence-corrected chi connectivity index (χ1v) is 7.80. The van der Waals surface area contributed by atoms with E-state index in [0.717, 1.165) is 5.56 Å². The van der Waals surface area contributed by atoms with Crippen LogP contribution in [0.1, 0.15) is 26.3 Å². The van der Waals surface area contributed by atoms with E-state index in [1.165, 1.54) is 12.1 Å².